The van der Waals surface area contributed by atoms with E-state index in [2.05, 4.69) is 10.6 Å². The minimum absolute atomic E-state index is 0.168. The number of aliphatic carboxylic acids is 2. The average molecular weight is 419 g/mol. The van der Waals surface area contributed by atoms with Crippen molar-refractivity contribution in [3.8, 4) is 0 Å². The van der Waals surface area contributed by atoms with Gasteiger partial charge in [0.05, 0.1) is 19.1 Å². The molecule has 0 heterocycles. The number of carboxylic acids is 2. The third kappa shape index (κ3) is 10.4. The highest BCUT2D eigenvalue weighted by Gasteiger charge is 2.32. The van der Waals surface area contributed by atoms with Gasteiger partial charge in [-0.05, 0) is 32.7 Å². The number of aliphatic hydroxyl groups excluding tert-OH is 1. The number of carbonyl (C=O) groups excluding carboxylic acids is 3. The van der Waals surface area contributed by atoms with Crippen LogP contribution in [-0.2, 0) is 24.0 Å². The molecule has 0 rings (SSSR count). The van der Waals surface area contributed by atoms with Crippen LogP contribution in [0.25, 0.3) is 0 Å². The number of aliphatic hydroxyl groups is 1. The van der Waals surface area contributed by atoms with Crippen LogP contribution in [0.1, 0.15) is 32.6 Å². The molecule has 166 valence electrons. The molecule has 0 saturated carbocycles. The van der Waals surface area contributed by atoms with E-state index in [4.69, 9.17) is 21.7 Å². The SMILES string of the molecule is CC(O)C(NC(=O)C(CC(=O)O)NC(=O)C(CCCCN)NC(=O)CN)C(=O)O. The van der Waals surface area contributed by atoms with E-state index in [0.717, 1.165) is 6.92 Å². The highest BCUT2D eigenvalue weighted by molar-refractivity contribution is 5.95. The average Bonchev–Trinajstić information content (AvgIpc) is 2.63. The van der Waals surface area contributed by atoms with Gasteiger partial charge >= 0.3 is 11.9 Å². The molecule has 4 atom stereocenters. The van der Waals surface area contributed by atoms with E-state index in [-0.39, 0.29) is 13.0 Å². The van der Waals surface area contributed by atoms with Crippen molar-refractivity contribution < 1.29 is 39.3 Å². The predicted octanol–water partition coefficient (Wildman–Crippen LogP) is -3.53. The van der Waals surface area contributed by atoms with Crippen molar-refractivity contribution in [1.82, 2.24) is 16.0 Å². The largest absolute Gasteiger partial charge is 0.481 e. The van der Waals surface area contributed by atoms with Crippen LogP contribution in [-0.4, -0.2) is 82.3 Å². The normalized spacial score (nSPS) is 14.8. The molecular formula is C16H29N5O8. The molecule has 29 heavy (non-hydrogen) atoms. The Kier molecular flexibility index (Phi) is 12.1. The first-order chi connectivity index (χ1) is 13.5. The van der Waals surface area contributed by atoms with Crippen LogP contribution in [0.3, 0.4) is 0 Å². The Morgan fingerprint density at radius 1 is 0.897 bits per heavy atom. The second kappa shape index (κ2) is 13.4. The van der Waals surface area contributed by atoms with Crippen molar-refractivity contribution in [1.29, 1.82) is 0 Å². The van der Waals surface area contributed by atoms with Gasteiger partial charge in [-0.1, -0.05) is 0 Å². The molecule has 0 saturated heterocycles. The van der Waals surface area contributed by atoms with Gasteiger partial charge in [-0.3, -0.25) is 19.2 Å². The molecule has 0 aromatic carbocycles. The van der Waals surface area contributed by atoms with Gasteiger partial charge in [0.25, 0.3) is 0 Å². The molecule has 0 aliphatic heterocycles. The van der Waals surface area contributed by atoms with Crippen LogP contribution in [0.15, 0.2) is 0 Å². The Hall–Kier alpha value is -2.77. The van der Waals surface area contributed by atoms with Gasteiger partial charge < -0.3 is 42.7 Å². The number of amides is 3. The van der Waals surface area contributed by atoms with Crippen molar-refractivity contribution in [3.05, 3.63) is 0 Å². The van der Waals surface area contributed by atoms with Gasteiger partial charge in [-0.2, -0.15) is 0 Å². The minimum atomic E-state index is -1.70. The molecule has 4 unspecified atom stereocenters. The molecule has 0 aliphatic rings. The number of hydrogen-bond donors (Lipinski definition) is 8. The van der Waals surface area contributed by atoms with Gasteiger partial charge in [0.15, 0.2) is 6.04 Å². The summed E-state index contributed by atoms with van der Waals surface area (Å²) in [6, 6.07) is -4.42. The van der Waals surface area contributed by atoms with Gasteiger partial charge in [-0.25, -0.2) is 4.79 Å². The fraction of sp³-hybridized carbons (Fsp3) is 0.688. The second-order valence-corrected chi connectivity index (χ2v) is 6.33. The summed E-state index contributed by atoms with van der Waals surface area (Å²) in [6.45, 7) is 1.10. The van der Waals surface area contributed by atoms with E-state index in [1.807, 2.05) is 5.32 Å². The summed E-state index contributed by atoms with van der Waals surface area (Å²) in [7, 11) is 0. The standard InChI is InChI=1S/C16H29N5O8/c1-8(22)13(16(28)29)21-15(27)10(6-12(24)25)20-14(26)9(4-2-3-5-17)19-11(23)7-18/h8-10,13,22H,2-7,17-18H2,1H3,(H,19,23)(H,20,26)(H,21,27)(H,24,25)(H,28,29). The predicted molar refractivity (Wildman–Crippen MR) is 99.3 cm³/mol. The maximum atomic E-state index is 12.5. The Bertz CT molecular complexity index is 598. The van der Waals surface area contributed by atoms with Crippen LogP contribution < -0.4 is 27.4 Å². The van der Waals surface area contributed by atoms with E-state index in [0.29, 0.717) is 19.4 Å². The second-order valence-electron chi connectivity index (χ2n) is 6.33. The van der Waals surface area contributed by atoms with E-state index in [1.54, 1.807) is 0 Å². The Labute approximate surface area is 167 Å². The molecule has 0 aliphatic carbocycles. The molecule has 10 N–H and O–H groups in total. The number of nitrogens with one attached hydrogen (secondary N) is 3. The van der Waals surface area contributed by atoms with Gasteiger partial charge in [0.2, 0.25) is 17.7 Å². The smallest absolute Gasteiger partial charge is 0.328 e. The summed E-state index contributed by atoms with van der Waals surface area (Å²) in [4.78, 5) is 58.5. The van der Waals surface area contributed by atoms with E-state index in [9.17, 15) is 29.1 Å². The monoisotopic (exact) mass is 419 g/mol. The summed E-state index contributed by atoms with van der Waals surface area (Å²) in [6.07, 6.45) is -1.11. The Morgan fingerprint density at radius 2 is 1.48 bits per heavy atom. The first-order valence-corrected chi connectivity index (χ1v) is 8.96. The zero-order valence-electron chi connectivity index (χ0n) is 16.1. The number of rotatable bonds is 14. The lowest BCUT2D eigenvalue weighted by Crippen LogP contribution is -2.58. The molecule has 0 aromatic heterocycles. The third-order valence-electron chi connectivity index (χ3n) is 3.84. The van der Waals surface area contributed by atoms with E-state index >= 15 is 0 Å². The first-order valence-electron chi connectivity index (χ1n) is 8.96. The summed E-state index contributed by atoms with van der Waals surface area (Å²) in [5.74, 6) is -5.55. The lowest BCUT2D eigenvalue weighted by Gasteiger charge is -2.24. The molecule has 13 nitrogen and oxygen atoms in total. The molecule has 3 amide bonds. The summed E-state index contributed by atoms with van der Waals surface area (Å²) in [5, 5.41) is 34.0. The lowest BCUT2D eigenvalue weighted by atomic mass is 10.1. The van der Waals surface area contributed by atoms with Crippen LogP contribution >= 0.6 is 0 Å². The maximum Gasteiger partial charge on any atom is 0.328 e. The van der Waals surface area contributed by atoms with Gasteiger partial charge in [-0.15, -0.1) is 0 Å². The topological polar surface area (TPSA) is 234 Å². The fourth-order valence-electron chi connectivity index (χ4n) is 2.31. The highest BCUT2D eigenvalue weighted by Crippen LogP contribution is 2.04. The number of nitrogens with two attached hydrogens (primary N) is 2. The zero-order chi connectivity index (χ0) is 22.6. The number of carboxylic acid groups (broad SMARTS) is 2. The molecule has 0 spiro atoms. The molecule has 0 aromatic rings. The first kappa shape index (κ1) is 26.2. The zero-order valence-corrected chi connectivity index (χ0v) is 16.1. The minimum Gasteiger partial charge on any atom is -0.481 e. The molecule has 0 radical (unpaired) electrons. The van der Waals surface area contributed by atoms with Crippen molar-refractivity contribution in [2.45, 2.75) is 56.8 Å². The summed E-state index contributed by atoms with van der Waals surface area (Å²) in [5.41, 5.74) is 10.6. The van der Waals surface area contributed by atoms with Gasteiger partial charge in [0, 0.05) is 0 Å². The number of carbonyl (C=O) groups is 5. The molecule has 13 heteroatoms. The van der Waals surface area contributed by atoms with Crippen LogP contribution in [0, 0.1) is 0 Å². The van der Waals surface area contributed by atoms with Crippen LogP contribution in [0.2, 0.25) is 0 Å². The highest BCUT2D eigenvalue weighted by atomic mass is 16.4. The number of hydrogen-bond acceptors (Lipinski definition) is 8. The third-order valence-corrected chi connectivity index (χ3v) is 3.84. The van der Waals surface area contributed by atoms with Crippen molar-refractivity contribution in [3.63, 3.8) is 0 Å². The van der Waals surface area contributed by atoms with E-state index in [1.165, 1.54) is 0 Å². The molecule has 0 fully saturated rings. The Balaban J connectivity index is 5.33. The quantitative estimate of drug-likeness (QED) is 0.129. The van der Waals surface area contributed by atoms with E-state index < -0.39 is 60.3 Å². The summed E-state index contributed by atoms with van der Waals surface area (Å²) < 4.78 is 0. The number of unbranched alkanes of at least 4 members (excludes halogenated alkanes) is 1. The Morgan fingerprint density at radius 3 is 1.93 bits per heavy atom. The van der Waals surface area contributed by atoms with Crippen molar-refractivity contribution >= 4 is 29.7 Å². The van der Waals surface area contributed by atoms with Crippen LogP contribution in [0.5, 0.6) is 0 Å². The molecular weight excluding hydrogens is 390 g/mol. The fourth-order valence-corrected chi connectivity index (χ4v) is 2.31. The lowest BCUT2D eigenvalue weighted by molar-refractivity contribution is -0.146. The van der Waals surface area contributed by atoms with Crippen molar-refractivity contribution in [2.24, 2.45) is 11.5 Å². The van der Waals surface area contributed by atoms with Crippen LogP contribution in [0.4, 0.5) is 0 Å². The molecule has 0 bridgehead atoms. The van der Waals surface area contributed by atoms with Crippen molar-refractivity contribution in [2.75, 3.05) is 13.1 Å². The van der Waals surface area contributed by atoms with Gasteiger partial charge in [0.1, 0.15) is 12.1 Å². The summed E-state index contributed by atoms with van der Waals surface area (Å²) >= 11 is 0. The maximum absolute atomic E-state index is 12.5.